The van der Waals surface area contributed by atoms with Crippen LogP contribution in [-0.2, 0) is 4.74 Å². The minimum absolute atomic E-state index is 0.260. The van der Waals surface area contributed by atoms with E-state index in [-0.39, 0.29) is 5.54 Å². The molecule has 2 fully saturated rings. The first kappa shape index (κ1) is 12.2. The maximum atomic E-state index is 5.57. The summed E-state index contributed by atoms with van der Waals surface area (Å²) in [4.78, 5) is 2.54. The number of benzene rings is 1. The van der Waals surface area contributed by atoms with E-state index in [2.05, 4.69) is 56.1 Å². The van der Waals surface area contributed by atoms with Crippen molar-refractivity contribution in [2.45, 2.75) is 25.3 Å². The highest BCUT2D eigenvalue weighted by atomic mass is 16.5. The Balaban J connectivity index is 2.00. The van der Waals surface area contributed by atoms with E-state index in [4.69, 9.17) is 4.74 Å². The zero-order valence-electron chi connectivity index (χ0n) is 11.6. The minimum Gasteiger partial charge on any atom is -0.377 e. The summed E-state index contributed by atoms with van der Waals surface area (Å²) in [5, 5.41) is 0. The smallest absolute Gasteiger partial charge is 0.0748 e. The summed E-state index contributed by atoms with van der Waals surface area (Å²) in [7, 11) is 2.26. The molecule has 0 radical (unpaired) electrons. The lowest BCUT2D eigenvalue weighted by Crippen LogP contribution is -2.60. The van der Waals surface area contributed by atoms with Crippen LogP contribution < -0.4 is 0 Å². The van der Waals surface area contributed by atoms with Gasteiger partial charge in [0.15, 0.2) is 0 Å². The molecule has 3 rings (SSSR count). The average molecular weight is 245 g/mol. The summed E-state index contributed by atoms with van der Waals surface area (Å²) in [5.41, 5.74) is 1.75. The lowest BCUT2D eigenvalue weighted by molar-refractivity contribution is -0.124. The number of rotatable bonds is 2. The SMILES string of the molecule is CC(C)C1CN(C)C2(COC2)C1c1ccccc1. The maximum Gasteiger partial charge on any atom is 0.0748 e. The second-order valence-corrected chi connectivity index (χ2v) is 6.27. The molecule has 1 spiro atoms. The molecule has 0 aliphatic carbocycles. The Morgan fingerprint density at radius 1 is 1.22 bits per heavy atom. The van der Waals surface area contributed by atoms with Crippen molar-refractivity contribution in [3.63, 3.8) is 0 Å². The monoisotopic (exact) mass is 245 g/mol. The molecule has 2 aliphatic rings. The molecule has 0 bridgehead atoms. The Labute approximate surface area is 110 Å². The molecule has 2 aliphatic heterocycles. The van der Waals surface area contributed by atoms with Crippen molar-refractivity contribution in [1.29, 1.82) is 0 Å². The van der Waals surface area contributed by atoms with Gasteiger partial charge < -0.3 is 4.74 Å². The second kappa shape index (κ2) is 4.36. The van der Waals surface area contributed by atoms with Gasteiger partial charge in [-0.2, -0.15) is 0 Å². The number of likely N-dealkylation sites (tertiary alicyclic amines) is 1. The minimum atomic E-state index is 0.260. The molecule has 1 aromatic rings. The predicted octanol–water partition coefficient (Wildman–Crippen LogP) is 2.76. The maximum absolute atomic E-state index is 5.57. The van der Waals surface area contributed by atoms with Gasteiger partial charge in [-0.05, 0) is 24.4 Å². The zero-order chi connectivity index (χ0) is 12.8. The van der Waals surface area contributed by atoms with E-state index in [0.29, 0.717) is 5.92 Å². The zero-order valence-corrected chi connectivity index (χ0v) is 11.6. The van der Waals surface area contributed by atoms with E-state index in [0.717, 1.165) is 25.0 Å². The van der Waals surface area contributed by atoms with E-state index < -0.39 is 0 Å². The number of ether oxygens (including phenoxy) is 1. The van der Waals surface area contributed by atoms with Crippen molar-refractivity contribution in [3.05, 3.63) is 35.9 Å². The molecule has 0 aromatic heterocycles. The fourth-order valence-corrected chi connectivity index (χ4v) is 3.76. The van der Waals surface area contributed by atoms with Crippen molar-refractivity contribution in [2.75, 3.05) is 26.8 Å². The third kappa shape index (κ3) is 1.63. The van der Waals surface area contributed by atoms with Gasteiger partial charge in [0.05, 0.1) is 18.8 Å². The number of hydrogen-bond acceptors (Lipinski definition) is 2. The van der Waals surface area contributed by atoms with Gasteiger partial charge >= 0.3 is 0 Å². The lowest BCUT2D eigenvalue weighted by atomic mass is 9.71. The van der Waals surface area contributed by atoms with Gasteiger partial charge in [-0.15, -0.1) is 0 Å². The van der Waals surface area contributed by atoms with Gasteiger partial charge in [0, 0.05) is 12.5 Å². The van der Waals surface area contributed by atoms with Gasteiger partial charge in [-0.25, -0.2) is 0 Å². The average Bonchev–Trinajstić information content (AvgIpc) is 2.63. The van der Waals surface area contributed by atoms with E-state index in [1.165, 1.54) is 12.1 Å². The summed E-state index contributed by atoms with van der Waals surface area (Å²) in [6, 6.07) is 11.0. The van der Waals surface area contributed by atoms with Gasteiger partial charge in [-0.1, -0.05) is 44.2 Å². The van der Waals surface area contributed by atoms with Crippen LogP contribution in [0.25, 0.3) is 0 Å². The molecule has 1 aromatic carbocycles. The standard InChI is InChI=1S/C16H23NO/c1-12(2)14-9-17(3)16(10-18-11-16)15(14)13-7-5-4-6-8-13/h4-8,12,14-15H,9-11H2,1-3H3. The largest absolute Gasteiger partial charge is 0.377 e. The van der Waals surface area contributed by atoms with E-state index in [1.807, 2.05) is 0 Å². The van der Waals surface area contributed by atoms with Gasteiger partial charge in [0.1, 0.15) is 0 Å². The molecule has 2 nitrogen and oxygen atoms in total. The molecule has 0 saturated carbocycles. The highest BCUT2D eigenvalue weighted by Gasteiger charge is 2.57. The van der Waals surface area contributed by atoms with Crippen LogP contribution in [0.15, 0.2) is 30.3 Å². The molecule has 98 valence electrons. The highest BCUT2D eigenvalue weighted by Crippen LogP contribution is 2.51. The molecule has 0 amide bonds. The Morgan fingerprint density at radius 2 is 1.89 bits per heavy atom. The second-order valence-electron chi connectivity index (χ2n) is 6.27. The molecule has 2 heterocycles. The van der Waals surface area contributed by atoms with E-state index in [9.17, 15) is 0 Å². The first-order valence-electron chi connectivity index (χ1n) is 6.99. The third-order valence-corrected chi connectivity index (χ3v) is 4.97. The fourth-order valence-electron chi connectivity index (χ4n) is 3.76. The summed E-state index contributed by atoms with van der Waals surface area (Å²) in [6.45, 7) is 7.69. The quantitative estimate of drug-likeness (QED) is 0.794. The predicted molar refractivity (Wildman–Crippen MR) is 73.7 cm³/mol. The normalized spacial score (nSPS) is 30.9. The van der Waals surface area contributed by atoms with Crippen LogP contribution in [0.3, 0.4) is 0 Å². The molecular formula is C16H23NO. The molecule has 0 N–H and O–H groups in total. The number of nitrogens with zero attached hydrogens (tertiary/aromatic N) is 1. The molecule has 2 atom stereocenters. The van der Waals surface area contributed by atoms with Crippen LogP contribution in [0, 0.1) is 11.8 Å². The lowest BCUT2D eigenvalue weighted by Gasteiger charge is -2.48. The first-order valence-corrected chi connectivity index (χ1v) is 6.99. The van der Waals surface area contributed by atoms with Crippen molar-refractivity contribution < 1.29 is 4.74 Å². The molecule has 2 unspecified atom stereocenters. The van der Waals surface area contributed by atoms with Crippen molar-refractivity contribution in [1.82, 2.24) is 4.90 Å². The van der Waals surface area contributed by atoms with Crippen molar-refractivity contribution in [2.24, 2.45) is 11.8 Å². The Morgan fingerprint density at radius 3 is 2.39 bits per heavy atom. The fraction of sp³-hybridized carbons (Fsp3) is 0.625. The van der Waals surface area contributed by atoms with Crippen LogP contribution in [0.2, 0.25) is 0 Å². The van der Waals surface area contributed by atoms with Crippen LogP contribution in [0.1, 0.15) is 25.3 Å². The van der Waals surface area contributed by atoms with Gasteiger partial charge in [-0.3, -0.25) is 4.90 Å². The summed E-state index contributed by atoms with van der Waals surface area (Å²) in [5.74, 6) is 2.08. The molecule has 2 heteroatoms. The highest BCUT2D eigenvalue weighted by molar-refractivity contribution is 5.30. The first-order chi connectivity index (χ1) is 8.65. The number of hydrogen-bond donors (Lipinski definition) is 0. The van der Waals surface area contributed by atoms with Gasteiger partial charge in [0.2, 0.25) is 0 Å². The van der Waals surface area contributed by atoms with E-state index >= 15 is 0 Å². The molecule has 18 heavy (non-hydrogen) atoms. The number of likely N-dealkylation sites (N-methyl/N-ethyl adjacent to an activating group) is 1. The van der Waals surface area contributed by atoms with E-state index in [1.54, 1.807) is 0 Å². The van der Waals surface area contributed by atoms with Crippen LogP contribution in [0.4, 0.5) is 0 Å². The van der Waals surface area contributed by atoms with Crippen LogP contribution in [0.5, 0.6) is 0 Å². The third-order valence-electron chi connectivity index (χ3n) is 4.97. The van der Waals surface area contributed by atoms with Crippen LogP contribution in [-0.4, -0.2) is 37.2 Å². The Kier molecular flexibility index (Phi) is 2.95. The van der Waals surface area contributed by atoms with Crippen molar-refractivity contribution in [3.8, 4) is 0 Å². The summed E-state index contributed by atoms with van der Waals surface area (Å²) in [6.07, 6.45) is 0. The molecule has 2 saturated heterocycles. The summed E-state index contributed by atoms with van der Waals surface area (Å²) < 4.78 is 5.57. The topological polar surface area (TPSA) is 12.5 Å². The Hall–Kier alpha value is -0.860. The molecular weight excluding hydrogens is 222 g/mol. The van der Waals surface area contributed by atoms with Crippen LogP contribution >= 0.6 is 0 Å². The Bertz CT molecular complexity index is 410. The van der Waals surface area contributed by atoms with Gasteiger partial charge in [0.25, 0.3) is 0 Å². The van der Waals surface area contributed by atoms with Crippen molar-refractivity contribution >= 4 is 0 Å². The summed E-state index contributed by atoms with van der Waals surface area (Å²) >= 11 is 0.